The lowest BCUT2D eigenvalue weighted by atomic mass is 10.2. The number of rotatable bonds is 8. The van der Waals surface area contributed by atoms with Gasteiger partial charge in [0.2, 0.25) is 5.91 Å². The molecule has 0 radical (unpaired) electrons. The second-order valence-electron chi connectivity index (χ2n) is 6.50. The Morgan fingerprint density at radius 2 is 1.93 bits per heavy atom. The van der Waals surface area contributed by atoms with E-state index in [1.165, 1.54) is 16.9 Å². The molecule has 29 heavy (non-hydrogen) atoms. The highest BCUT2D eigenvalue weighted by Gasteiger charge is 2.10. The van der Waals surface area contributed by atoms with Gasteiger partial charge in [-0.15, -0.1) is 11.3 Å². The molecule has 0 unspecified atom stereocenters. The van der Waals surface area contributed by atoms with Crippen LogP contribution in [-0.2, 0) is 17.8 Å². The number of carbonyl (C=O) groups excluding carboxylic acids is 2. The van der Waals surface area contributed by atoms with Crippen molar-refractivity contribution in [3.8, 4) is 5.75 Å². The van der Waals surface area contributed by atoms with E-state index in [4.69, 9.17) is 4.74 Å². The number of benzene rings is 2. The Hall–Kier alpha value is -3.19. The van der Waals surface area contributed by atoms with Gasteiger partial charge in [0.25, 0.3) is 5.91 Å². The average molecular weight is 410 g/mol. The third-order valence-electron chi connectivity index (χ3n) is 4.07. The smallest absolute Gasteiger partial charge is 0.251 e. The van der Waals surface area contributed by atoms with Crippen LogP contribution in [0.15, 0.2) is 53.9 Å². The molecule has 0 aliphatic carbocycles. The van der Waals surface area contributed by atoms with Gasteiger partial charge < -0.3 is 15.4 Å². The second-order valence-corrected chi connectivity index (χ2v) is 7.44. The summed E-state index contributed by atoms with van der Waals surface area (Å²) in [6, 6.07) is 14.7. The summed E-state index contributed by atoms with van der Waals surface area (Å²) in [7, 11) is 0. The number of carbonyl (C=O) groups is 2. The summed E-state index contributed by atoms with van der Waals surface area (Å²) >= 11 is 1.46. The Balaban J connectivity index is 1.53. The molecule has 3 aromatic rings. The van der Waals surface area contributed by atoms with Gasteiger partial charge in [-0.1, -0.05) is 23.8 Å². The maximum absolute atomic E-state index is 12.3. The van der Waals surface area contributed by atoms with Crippen LogP contribution in [0.1, 0.15) is 33.5 Å². The molecule has 150 valence electrons. The number of nitrogens with zero attached hydrogens (tertiary/aromatic N) is 1. The molecule has 1 aromatic heterocycles. The number of amides is 2. The molecule has 3 rings (SSSR count). The second kappa shape index (κ2) is 9.84. The zero-order valence-corrected chi connectivity index (χ0v) is 17.2. The number of aryl methyl sites for hydroxylation is 1. The third kappa shape index (κ3) is 6.15. The lowest BCUT2D eigenvalue weighted by Gasteiger charge is -2.07. The van der Waals surface area contributed by atoms with Crippen molar-refractivity contribution < 1.29 is 14.3 Å². The van der Waals surface area contributed by atoms with Gasteiger partial charge in [0, 0.05) is 23.2 Å². The van der Waals surface area contributed by atoms with Gasteiger partial charge in [-0.3, -0.25) is 9.59 Å². The molecule has 2 amide bonds. The van der Waals surface area contributed by atoms with Crippen molar-refractivity contribution >= 4 is 28.8 Å². The first kappa shape index (κ1) is 20.5. The predicted molar refractivity (Wildman–Crippen MR) is 114 cm³/mol. The monoisotopic (exact) mass is 409 g/mol. The van der Waals surface area contributed by atoms with Crippen LogP contribution in [0.25, 0.3) is 0 Å². The van der Waals surface area contributed by atoms with E-state index in [2.05, 4.69) is 15.6 Å². The molecule has 0 spiro atoms. The fourth-order valence-corrected chi connectivity index (χ4v) is 3.35. The van der Waals surface area contributed by atoms with Crippen LogP contribution in [0.2, 0.25) is 0 Å². The first-order valence-electron chi connectivity index (χ1n) is 9.34. The van der Waals surface area contributed by atoms with Gasteiger partial charge in [0.1, 0.15) is 17.4 Å². The van der Waals surface area contributed by atoms with Gasteiger partial charge in [-0.2, -0.15) is 0 Å². The number of thiazole rings is 1. The van der Waals surface area contributed by atoms with E-state index in [9.17, 15) is 9.59 Å². The minimum absolute atomic E-state index is 0.159. The molecular formula is C22H23N3O3S. The molecule has 0 bridgehead atoms. The summed E-state index contributed by atoms with van der Waals surface area (Å²) in [5.74, 6) is 0.438. The van der Waals surface area contributed by atoms with Gasteiger partial charge in [0.05, 0.1) is 12.1 Å². The van der Waals surface area contributed by atoms with Gasteiger partial charge >= 0.3 is 0 Å². The Bertz CT molecular complexity index is 983. The van der Waals surface area contributed by atoms with Crippen LogP contribution in [0, 0.1) is 6.92 Å². The predicted octanol–water partition coefficient (Wildman–Crippen LogP) is 3.96. The van der Waals surface area contributed by atoms with Crippen molar-refractivity contribution in [3.05, 3.63) is 75.7 Å². The van der Waals surface area contributed by atoms with E-state index in [-0.39, 0.29) is 18.2 Å². The number of hydrogen-bond acceptors (Lipinski definition) is 5. The normalized spacial score (nSPS) is 10.4. The van der Waals surface area contributed by atoms with Crippen LogP contribution in [0.3, 0.4) is 0 Å². The minimum Gasteiger partial charge on any atom is -0.486 e. The summed E-state index contributed by atoms with van der Waals surface area (Å²) in [5.41, 5.74) is 2.96. The fraction of sp³-hybridized carbons (Fsp3) is 0.227. The fourth-order valence-electron chi connectivity index (χ4n) is 2.65. The summed E-state index contributed by atoms with van der Waals surface area (Å²) < 4.78 is 5.73. The van der Waals surface area contributed by atoms with Crippen LogP contribution in [0.4, 0.5) is 5.69 Å². The number of nitrogens with one attached hydrogen (secondary N) is 2. The number of aromatic nitrogens is 1. The van der Waals surface area contributed by atoms with E-state index < -0.39 is 0 Å². The van der Waals surface area contributed by atoms with Gasteiger partial charge in [-0.25, -0.2) is 4.98 Å². The quantitative estimate of drug-likeness (QED) is 0.590. The van der Waals surface area contributed by atoms with Crippen molar-refractivity contribution in [2.75, 3.05) is 11.9 Å². The molecule has 6 nitrogen and oxygen atoms in total. The van der Waals surface area contributed by atoms with Crippen molar-refractivity contribution in [2.45, 2.75) is 26.9 Å². The average Bonchev–Trinajstić information content (AvgIpc) is 3.15. The number of hydrogen-bond donors (Lipinski definition) is 2. The SMILES string of the molecule is CCNC(=O)c1cccc(NC(=O)Cc2csc(COc3ccc(C)cc3)n2)c1. The molecule has 0 aliphatic rings. The zero-order chi connectivity index (χ0) is 20.6. The van der Waals surface area contributed by atoms with Gasteiger partial charge in [-0.05, 0) is 44.2 Å². The standard InChI is InChI=1S/C22H23N3O3S/c1-3-23-22(27)16-5-4-6-17(11-16)24-20(26)12-18-14-29-21(25-18)13-28-19-9-7-15(2)8-10-19/h4-11,14H,3,12-13H2,1-2H3,(H,23,27)(H,24,26). The van der Waals surface area contributed by atoms with Crippen LogP contribution >= 0.6 is 11.3 Å². The van der Waals surface area contributed by atoms with E-state index in [1.807, 2.05) is 43.5 Å². The summed E-state index contributed by atoms with van der Waals surface area (Å²) in [6.07, 6.45) is 0.159. The lowest BCUT2D eigenvalue weighted by molar-refractivity contribution is -0.115. The topological polar surface area (TPSA) is 80.3 Å². The molecule has 2 aromatic carbocycles. The molecule has 0 fully saturated rings. The van der Waals surface area contributed by atoms with Crippen molar-refractivity contribution in [1.82, 2.24) is 10.3 Å². The van der Waals surface area contributed by atoms with Crippen LogP contribution < -0.4 is 15.4 Å². The third-order valence-corrected chi connectivity index (χ3v) is 4.94. The van der Waals surface area contributed by atoms with Crippen LogP contribution in [-0.4, -0.2) is 23.3 Å². The van der Waals surface area contributed by atoms with Crippen molar-refractivity contribution in [2.24, 2.45) is 0 Å². The highest BCUT2D eigenvalue weighted by Crippen LogP contribution is 2.17. The maximum atomic E-state index is 12.3. The van der Waals surface area contributed by atoms with E-state index >= 15 is 0 Å². The van der Waals surface area contributed by atoms with E-state index in [0.29, 0.717) is 30.1 Å². The summed E-state index contributed by atoms with van der Waals surface area (Å²) in [6.45, 7) is 4.80. The largest absolute Gasteiger partial charge is 0.486 e. The molecule has 2 N–H and O–H groups in total. The first-order chi connectivity index (χ1) is 14.0. The lowest BCUT2D eigenvalue weighted by Crippen LogP contribution is -2.23. The summed E-state index contributed by atoms with van der Waals surface area (Å²) in [4.78, 5) is 28.7. The van der Waals surface area contributed by atoms with Crippen LogP contribution in [0.5, 0.6) is 5.75 Å². The van der Waals surface area contributed by atoms with Crippen molar-refractivity contribution in [1.29, 1.82) is 0 Å². The first-order valence-corrected chi connectivity index (χ1v) is 10.2. The number of ether oxygens (including phenoxy) is 1. The Morgan fingerprint density at radius 3 is 2.69 bits per heavy atom. The molecular weight excluding hydrogens is 386 g/mol. The van der Waals surface area contributed by atoms with Gasteiger partial charge in [0.15, 0.2) is 0 Å². The molecule has 0 aliphatic heterocycles. The Morgan fingerprint density at radius 1 is 1.14 bits per heavy atom. The molecule has 0 atom stereocenters. The maximum Gasteiger partial charge on any atom is 0.251 e. The Labute approximate surface area is 173 Å². The summed E-state index contributed by atoms with van der Waals surface area (Å²) in [5, 5.41) is 8.23. The molecule has 0 saturated carbocycles. The minimum atomic E-state index is -0.186. The molecule has 1 heterocycles. The molecule has 0 saturated heterocycles. The molecule has 7 heteroatoms. The zero-order valence-electron chi connectivity index (χ0n) is 16.4. The van der Waals surface area contributed by atoms with Crippen molar-refractivity contribution in [3.63, 3.8) is 0 Å². The highest BCUT2D eigenvalue weighted by atomic mass is 32.1. The van der Waals surface area contributed by atoms with E-state index in [1.54, 1.807) is 24.3 Å². The highest BCUT2D eigenvalue weighted by molar-refractivity contribution is 7.09. The Kier molecular flexibility index (Phi) is 6.97. The number of anilines is 1. The van der Waals surface area contributed by atoms with E-state index in [0.717, 1.165) is 10.8 Å².